The summed E-state index contributed by atoms with van der Waals surface area (Å²) in [5, 5.41) is 34.0. The van der Waals surface area contributed by atoms with Gasteiger partial charge in [-0.3, -0.25) is 0 Å². The van der Waals surface area contributed by atoms with Crippen LogP contribution in [0.15, 0.2) is 9.55 Å². The van der Waals surface area contributed by atoms with Gasteiger partial charge in [-0.25, -0.2) is 14.6 Å². The molecule has 47 heavy (non-hydrogen) atoms. The van der Waals surface area contributed by atoms with Gasteiger partial charge in [0.1, 0.15) is 21.9 Å². The second kappa shape index (κ2) is 10.7. The summed E-state index contributed by atoms with van der Waals surface area (Å²) in [7, 11) is 2.21. The number of likely N-dealkylation sites (N-methyl/N-ethyl adjacent to an activating group) is 1. The molecule has 246 valence electrons. The molecule has 1 spiro atoms. The monoisotopic (exact) mass is 671 g/mol. The Morgan fingerprint density at radius 3 is 2.77 bits per heavy atom. The van der Waals surface area contributed by atoms with Crippen molar-refractivity contribution < 1.29 is 9.63 Å². The van der Waals surface area contributed by atoms with Crippen molar-refractivity contribution in [3.05, 3.63) is 27.3 Å². The molecule has 5 aliphatic rings. The van der Waals surface area contributed by atoms with Crippen molar-refractivity contribution in [2.24, 2.45) is 0 Å². The Bertz CT molecular complexity index is 1950. The van der Waals surface area contributed by atoms with Crippen LogP contribution in [0.5, 0.6) is 0 Å². The Balaban J connectivity index is 1.24. The Morgan fingerprint density at radius 1 is 1.15 bits per heavy atom. The lowest BCUT2D eigenvalue weighted by atomic mass is 9.63. The molecule has 0 radical (unpaired) electrons. The van der Waals surface area contributed by atoms with Gasteiger partial charge in [-0.05, 0) is 97.2 Å². The highest BCUT2D eigenvalue weighted by Crippen LogP contribution is 2.55. The van der Waals surface area contributed by atoms with Crippen molar-refractivity contribution in [1.82, 2.24) is 29.8 Å². The third-order valence-electron chi connectivity index (χ3n) is 11.7. The molecule has 7 heterocycles. The van der Waals surface area contributed by atoms with Crippen LogP contribution < -0.4 is 10.6 Å². The van der Waals surface area contributed by atoms with Crippen LogP contribution in [0.2, 0.25) is 0 Å². The minimum Gasteiger partial charge on any atom is -0.389 e. The predicted molar refractivity (Wildman–Crippen MR) is 183 cm³/mol. The summed E-state index contributed by atoms with van der Waals surface area (Å²) in [6.07, 6.45) is 9.49. The van der Waals surface area contributed by atoms with Gasteiger partial charge in [0.25, 0.3) is 0 Å². The van der Waals surface area contributed by atoms with Gasteiger partial charge in [0, 0.05) is 34.8 Å². The average molecular weight is 672 g/mol. The van der Waals surface area contributed by atoms with Gasteiger partial charge >= 0.3 is 0 Å². The second-order valence-electron chi connectivity index (χ2n) is 14.8. The molecular weight excluding hydrogens is 631 g/mol. The van der Waals surface area contributed by atoms with E-state index in [1.807, 2.05) is 6.92 Å². The molecule has 3 aliphatic heterocycles. The first-order chi connectivity index (χ1) is 22.7. The Kier molecular flexibility index (Phi) is 6.79. The number of aliphatic hydroxyl groups is 1. The summed E-state index contributed by atoms with van der Waals surface area (Å²) in [5.41, 5.74) is 9.41. The first kappa shape index (κ1) is 29.9. The smallest absolute Gasteiger partial charge is 0.186 e. The first-order valence-corrected chi connectivity index (χ1v) is 18.9. The highest BCUT2D eigenvalue weighted by Gasteiger charge is 2.49. The number of nitrogens with zero attached hydrogens (tertiary/aromatic N) is 8. The standard InChI is InChI=1S/C34H41N9O2S2/c1-18(22-8-6-14-41(22)3)43-31-24-30(42-17-33(2,44)13-10-19(42)16-46-32(24)39-43)37-29(38-31)26-20-7-4-11-34(27(20)45-40-26)12-5-9-23-25(34)21(15-35)28(36)47-23/h18-19,22,44H,4-14,16-17,36H2,1-3H3. The number of thioether (sulfide) groups is 1. The molecule has 2 saturated heterocycles. The van der Waals surface area contributed by atoms with Gasteiger partial charge in [-0.1, -0.05) is 5.16 Å². The molecule has 0 aromatic carbocycles. The number of fused-ring (bicyclic) bond motifs is 6. The normalized spacial score (nSPS) is 29.4. The number of nitriles is 1. The number of hydrogen-bond donors (Lipinski definition) is 2. The Hall–Kier alpha value is -3.18. The van der Waals surface area contributed by atoms with Crippen LogP contribution in [0.3, 0.4) is 0 Å². The minimum absolute atomic E-state index is 0.123. The highest BCUT2D eigenvalue weighted by molar-refractivity contribution is 7.99. The molecule has 9 rings (SSSR count). The van der Waals surface area contributed by atoms with Crippen molar-refractivity contribution in [2.75, 3.05) is 36.5 Å². The summed E-state index contributed by atoms with van der Waals surface area (Å²) < 4.78 is 8.52. The fourth-order valence-corrected chi connectivity index (χ4v) is 11.7. The largest absolute Gasteiger partial charge is 0.389 e. The van der Waals surface area contributed by atoms with E-state index in [0.717, 1.165) is 109 Å². The fourth-order valence-electron chi connectivity index (χ4n) is 9.42. The van der Waals surface area contributed by atoms with Gasteiger partial charge in [0.05, 0.1) is 28.0 Å². The second-order valence-corrected chi connectivity index (χ2v) is 16.9. The van der Waals surface area contributed by atoms with E-state index in [0.29, 0.717) is 34.7 Å². The third-order valence-corrected chi connectivity index (χ3v) is 13.9. The lowest BCUT2D eigenvalue weighted by Gasteiger charge is -2.42. The van der Waals surface area contributed by atoms with Crippen molar-refractivity contribution in [3.8, 4) is 17.6 Å². The van der Waals surface area contributed by atoms with Crippen LogP contribution in [-0.4, -0.2) is 78.5 Å². The number of aromatic nitrogens is 5. The number of piperidine rings is 1. The van der Waals surface area contributed by atoms with Crippen LogP contribution in [0.1, 0.15) is 98.6 Å². The van der Waals surface area contributed by atoms with E-state index < -0.39 is 11.0 Å². The van der Waals surface area contributed by atoms with E-state index in [4.69, 9.17) is 30.5 Å². The van der Waals surface area contributed by atoms with Crippen LogP contribution in [0, 0.1) is 11.3 Å². The van der Waals surface area contributed by atoms with Crippen molar-refractivity contribution in [1.29, 1.82) is 5.26 Å². The molecule has 3 N–H and O–H groups in total. The predicted octanol–water partition coefficient (Wildman–Crippen LogP) is 5.44. The number of aryl methyl sites for hydroxylation is 1. The summed E-state index contributed by atoms with van der Waals surface area (Å²) in [6, 6.07) is 3.17. The van der Waals surface area contributed by atoms with Crippen LogP contribution in [0.4, 0.5) is 10.8 Å². The molecule has 0 saturated carbocycles. The first-order valence-electron chi connectivity index (χ1n) is 17.1. The van der Waals surface area contributed by atoms with Gasteiger partial charge in [0.15, 0.2) is 22.9 Å². The summed E-state index contributed by atoms with van der Waals surface area (Å²) in [5.74, 6) is 3.13. The van der Waals surface area contributed by atoms with E-state index in [1.54, 1.807) is 23.1 Å². The van der Waals surface area contributed by atoms with E-state index >= 15 is 0 Å². The zero-order valence-electron chi connectivity index (χ0n) is 27.3. The molecule has 13 heteroatoms. The van der Waals surface area contributed by atoms with Gasteiger partial charge < -0.3 is 25.2 Å². The van der Waals surface area contributed by atoms with Crippen molar-refractivity contribution in [3.63, 3.8) is 0 Å². The van der Waals surface area contributed by atoms with Crippen molar-refractivity contribution in [2.45, 2.75) is 112 Å². The molecule has 0 bridgehead atoms. The summed E-state index contributed by atoms with van der Waals surface area (Å²) in [4.78, 5) is 16.6. The Labute approximate surface area is 282 Å². The van der Waals surface area contributed by atoms with E-state index in [2.05, 4.69) is 34.5 Å². The number of nitrogens with two attached hydrogens (primary N) is 1. The van der Waals surface area contributed by atoms with Crippen LogP contribution in [0.25, 0.3) is 22.6 Å². The summed E-state index contributed by atoms with van der Waals surface area (Å²) in [6.45, 7) is 5.79. The third kappa shape index (κ3) is 4.37. The molecule has 5 unspecified atom stereocenters. The molecule has 0 amide bonds. The maximum atomic E-state index is 11.3. The number of thiophene rings is 1. The quantitative estimate of drug-likeness (QED) is 0.287. The molecule has 4 aromatic heterocycles. The number of hydrogen-bond acceptors (Lipinski definition) is 12. The topological polar surface area (TPSA) is 146 Å². The molecular formula is C34H41N9O2S2. The lowest BCUT2D eigenvalue weighted by Crippen LogP contribution is -2.52. The maximum absolute atomic E-state index is 11.3. The number of nitrogen functional groups attached to an aromatic ring is 1. The maximum Gasteiger partial charge on any atom is 0.186 e. The molecule has 5 atom stereocenters. The fraction of sp³-hybridized carbons (Fsp3) is 0.618. The van der Waals surface area contributed by atoms with Crippen molar-refractivity contribution >= 4 is 45.0 Å². The molecule has 2 aliphatic carbocycles. The minimum atomic E-state index is -0.808. The lowest BCUT2D eigenvalue weighted by molar-refractivity contribution is 0.0381. The van der Waals surface area contributed by atoms with E-state index in [-0.39, 0.29) is 12.1 Å². The number of likely N-dealkylation sites (tertiary alicyclic amines) is 1. The van der Waals surface area contributed by atoms with E-state index in [9.17, 15) is 10.4 Å². The number of rotatable bonds is 3. The molecule has 11 nitrogen and oxygen atoms in total. The average Bonchev–Trinajstić information content (AvgIpc) is 3.82. The Morgan fingerprint density at radius 2 is 1.98 bits per heavy atom. The van der Waals surface area contributed by atoms with Gasteiger partial charge in [-0.2, -0.15) is 10.4 Å². The highest BCUT2D eigenvalue weighted by atomic mass is 32.2. The van der Waals surface area contributed by atoms with Gasteiger partial charge in [-0.15, -0.1) is 23.1 Å². The van der Waals surface area contributed by atoms with E-state index in [1.165, 1.54) is 11.3 Å². The SMILES string of the molecule is CC(C1CCCN1C)n1nc2c3c(nc(-c4noc5c4CCCC54CCCc5sc(N)c(C#N)c54)nc31)N1CC(C)(O)CCC1CS2. The zero-order chi connectivity index (χ0) is 32.2. The molecule has 4 aromatic rings. The summed E-state index contributed by atoms with van der Waals surface area (Å²) >= 11 is 3.35. The number of anilines is 2. The van der Waals surface area contributed by atoms with Crippen LogP contribution in [-0.2, 0) is 18.3 Å². The van der Waals surface area contributed by atoms with Crippen LogP contribution >= 0.6 is 23.1 Å². The van der Waals surface area contributed by atoms with Gasteiger partial charge in [0.2, 0.25) is 0 Å². The zero-order valence-corrected chi connectivity index (χ0v) is 28.9. The molecule has 2 fully saturated rings.